The van der Waals surface area contributed by atoms with Crippen LogP contribution in [0.15, 0.2) is 12.5 Å². The number of aromatic amines is 1. The highest BCUT2D eigenvalue weighted by molar-refractivity contribution is 5.86. The normalized spacial score (nSPS) is 10.5. The van der Waals surface area contributed by atoms with Crippen molar-refractivity contribution >= 4 is 16.9 Å². The summed E-state index contributed by atoms with van der Waals surface area (Å²) in [4.78, 5) is 9.96. The molecule has 0 unspecified atom stereocenters. The molecule has 0 aliphatic heterocycles. The molecule has 0 spiro atoms. The lowest BCUT2D eigenvalue weighted by Crippen LogP contribution is -1.94. The molecular weight excluding hydrogens is 163 g/mol. The molecule has 2 heterocycles. The SMILES string of the molecule is ONc1ncnc2[nH]cc(F)c12. The summed E-state index contributed by atoms with van der Waals surface area (Å²) < 4.78 is 12.9. The van der Waals surface area contributed by atoms with Crippen LogP contribution in [0, 0.1) is 5.82 Å². The van der Waals surface area contributed by atoms with Gasteiger partial charge in [-0.2, -0.15) is 0 Å². The second-order valence-corrected chi connectivity index (χ2v) is 2.19. The van der Waals surface area contributed by atoms with Crippen molar-refractivity contribution in [3.63, 3.8) is 0 Å². The van der Waals surface area contributed by atoms with Crippen LogP contribution in [0.4, 0.5) is 10.2 Å². The fraction of sp³-hybridized carbons (Fsp3) is 0. The molecule has 0 aliphatic rings. The first kappa shape index (κ1) is 6.99. The maximum atomic E-state index is 12.9. The first-order chi connectivity index (χ1) is 5.83. The fourth-order valence-electron chi connectivity index (χ4n) is 1.01. The molecule has 0 fully saturated rings. The van der Waals surface area contributed by atoms with E-state index in [-0.39, 0.29) is 11.2 Å². The van der Waals surface area contributed by atoms with E-state index in [1.165, 1.54) is 6.33 Å². The van der Waals surface area contributed by atoms with Gasteiger partial charge < -0.3 is 4.98 Å². The van der Waals surface area contributed by atoms with Crippen LogP contribution in [-0.4, -0.2) is 20.2 Å². The van der Waals surface area contributed by atoms with Crippen LogP contribution in [0.5, 0.6) is 0 Å². The summed E-state index contributed by atoms with van der Waals surface area (Å²) in [6.07, 6.45) is 2.37. The lowest BCUT2D eigenvalue weighted by Gasteiger charge is -1.97. The summed E-state index contributed by atoms with van der Waals surface area (Å²) in [5.41, 5.74) is 2.13. The Hall–Kier alpha value is -1.69. The second-order valence-electron chi connectivity index (χ2n) is 2.19. The highest BCUT2D eigenvalue weighted by Crippen LogP contribution is 2.20. The van der Waals surface area contributed by atoms with Crippen LogP contribution in [0.3, 0.4) is 0 Å². The van der Waals surface area contributed by atoms with Crippen molar-refractivity contribution in [2.45, 2.75) is 0 Å². The number of hydrogen-bond donors (Lipinski definition) is 3. The molecule has 0 saturated heterocycles. The molecule has 0 amide bonds. The number of aromatic nitrogens is 3. The summed E-state index contributed by atoms with van der Waals surface area (Å²) in [7, 11) is 0. The van der Waals surface area contributed by atoms with Crippen molar-refractivity contribution in [2.24, 2.45) is 0 Å². The number of fused-ring (bicyclic) bond motifs is 1. The Kier molecular flexibility index (Phi) is 1.41. The minimum Gasteiger partial charge on any atom is -0.343 e. The Morgan fingerprint density at radius 3 is 3.08 bits per heavy atom. The molecule has 5 nitrogen and oxygen atoms in total. The summed E-state index contributed by atoms with van der Waals surface area (Å²) in [5, 5.41) is 8.71. The molecule has 12 heavy (non-hydrogen) atoms. The number of hydrogen-bond acceptors (Lipinski definition) is 4. The van der Waals surface area contributed by atoms with Gasteiger partial charge in [-0.3, -0.25) is 10.7 Å². The molecule has 0 radical (unpaired) electrons. The molecule has 6 heteroatoms. The number of halogens is 1. The van der Waals surface area contributed by atoms with Crippen molar-refractivity contribution in [1.29, 1.82) is 0 Å². The fourth-order valence-corrected chi connectivity index (χ4v) is 1.01. The molecule has 0 bridgehead atoms. The molecule has 62 valence electrons. The van der Waals surface area contributed by atoms with E-state index >= 15 is 0 Å². The van der Waals surface area contributed by atoms with E-state index in [2.05, 4.69) is 15.0 Å². The maximum absolute atomic E-state index is 12.9. The van der Waals surface area contributed by atoms with Gasteiger partial charge in [0.15, 0.2) is 11.6 Å². The average Bonchev–Trinajstić information content (AvgIpc) is 2.48. The van der Waals surface area contributed by atoms with Gasteiger partial charge in [0.1, 0.15) is 12.0 Å². The molecule has 0 atom stereocenters. The van der Waals surface area contributed by atoms with E-state index in [0.717, 1.165) is 6.20 Å². The minimum atomic E-state index is -0.498. The lowest BCUT2D eigenvalue weighted by atomic mass is 10.4. The zero-order valence-corrected chi connectivity index (χ0v) is 5.87. The number of nitrogens with zero attached hydrogens (tertiary/aromatic N) is 2. The van der Waals surface area contributed by atoms with Crippen LogP contribution in [0.2, 0.25) is 0 Å². The second kappa shape index (κ2) is 2.42. The predicted molar refractivity (Wildman–Crippen MR) is 39.3 cm³/mol. The van der Waals surface area contributed by atoms with Gasteiger partial charge in [0.25, 0.3) is 0 Å². The summed E-state index contributed by atoms with van der Waals surface area (Å²) in [6, 6.07) is 0. The maximum Gasteiger partial charge on any atom is 0.165 e. The van der Waals surface area contributed by atoms with Crippen LogP contribution < -0.4 is 5.48 Å². The van der Waals surface area contributed by atoms with Gasteiger partial charge >= 0.3 is 0 Å². The van der Waals surface area contributed by atoms with Crippen molar-refractivity contribution in [3.05, 3.63) is 18.3 Å². The van der Waals surface area contributed by atoms with Gasteiger partial charge in [-0.1, -0.05) is 0 Å². The summed E-state index contributed by atoms with van der Waals surface area (Å²) in [5.74, 6) is -0.444. The Morgan fingerprint density at radius 1 is 1.50 bits per heavy atom. The monoisotopic (exact) mass is 168 g/mol. The molecule has 3 N–H and O–H groups in total. The largest absolute Gasteiger partial charge is 0.343 e. The minimum absolute atomic E-state index is 0.0544. The molecule has 0 aliphatic carbocycles. The molecular formula is C6H5FN4O. The first-order valence-electron chi connectivity index (χ1n) is 3.20. The molecule has 2 rings (SSSR count). The van der Waals surface area contributed by atoms with Gasteiger partial charge in [0, 0.05) is 6.20 Å². The Morgan fingerprint density at radius 2 is 2.33 bits per heavy atom. The van der Waals surface area contributed by atoms with E-state index in [1.54, 1.807) is 5.48 Å². The summed E-state index contributed by atoms with van der Waals surface area (Å²) in [6.45, 7) is 0. The van der Waals surface area contributed by atoms with E-state index in [1.807, 2.05) is 0 Å². The number of H-pyrrole nitrogens is 1. The Balaban J connectivity index is 2.84. The summed E-state index contributed by atoms with van der Waals surface area (Å²) >= 11 is 0. The molecule has 0 aromatic carbocycles. The topological polar surface area (TPSA) is 73.8 Å². The zero-order valence-electron chi connectivity index (χ0n) is 5.87. The van der Waals surface area contributed by atoms with E-state index < -0.39 is 5.82 Å². The number of anilines is 1. The third-order valence-corrected chi connectivity index (χ3v) is 1.53. The molecule has 2 aromatic rings. The van der Waals surface area contributed by atoms with Crippen molar-refractivity contribution < 1.29 is 9.60 Å². The quantitative estimate of drug-likeness (QED) is 0.553. The highest BCUT2D eigenvalue weighted by atomic mass is 19.1. The van der Waals surface area contributed by atoms with Crippen molar-refractivity contribution in [2.75, 3.05) is 5.48 Å². The zero-order chi connectivity index (χ0) is 8.55. The highest BCUT2D eigenvalue weighted by Gasteiger charge is 2.09. The predicted octanol–water partition coefficient (Wildman–Crippen LogP) is 0.898. The third-order valence-electron chi connectivity index (χ3n) is 1.53. The Bertz CT molecular complexity index is 413. The molecule has 2 aromatic heterocycles. The van der Waals surface area contributed by atoms with E-state index in [9.17, 15) is 4.39 Å². The first-order valence-corrected chi connectivity index (χ1v) is 3.20. The van der Waals surface area contributed by atoms with Crippen LogP contribution in [0.25, 0.3) is 11.0 Å². The van der Waals surface area contributed by atoms with Gasteiger partial charge in [0.05, 0.1) is 5.39 Å². The van der Waals surface area contributed by atoms with Crippen LogP contribution >= 0.6 is 0 Å². The van der Waals surface area contributed by atoms with Gasteiger partial charge in [0.2, 0.25) is 0 Å². The molecule has 0 saturated carbocycles. The van der Waals surface area contributed by atoms with Crippen molar-refractivity contribution in [3.8, 4) is 0 Å². The third kappa shape index (κ3) is 0.817. The van der Waals surface area contributed by atoms with E-state index in [0.29, 0.717) is 5.65 Å². The number of rotatable bonds is 1. The van der Waals surface area contributed by atoms with Crippen LogP contribution in [-0.2, 0) is 0 Å². The smallest absolute Gasteiger partial charge is 0.165 e. The van der Waals surface area contributed by atoms with Gasteiger partial charge in [-0.15, -0.1) is 0 Å². The lowest BCUT2D eigenvalue weighted by molar-refractivity contribution is 0.386. The van der Waals surface area contributed by atoms with Crippen LogP contribution in [0.1, 0.15) is 0 Å². The van der Waals surface area contributed by atoms with Gasteiger partial charge in [-0.05, 0) is 0 Å². The van der Waals surface area contributed by atoms with Crippen molar-refractivity contribution in [1.82, 2.24) is 15.0 Å². The van der Waals surface area contributed by atoms with E-state index in [4.69, 9.17) is 5.21 Å². The standard InChI is InChI=1S/C6H5FN4O/c7-3-1-8-5-4(3)6(11-12)10-2-9-5/h1-2,12H,(H2,8,9,10,11). The van der Waals surface area contributed by atoms with Gasteiger partial charge in [-0.25, -0.2) is 14.4 Å². The average molecular weight is 168 g/mol. The Labute approximate surface area is 66.2 Å². The number of nitrogens with one attached hydrogen (secondary N) is 2.